The van der Waals surface area contributed by atoms with Gasteiger partial charge in [0.25, 0.3) is 0 Å². The molecule has 0 saturated carbocycles. The highest BCUT2D eigenvalue weighted by Crippen LogP contribution is 2.18. The predicted octanol–water partition coefficient (Wildman–Crippen LogP) is 1.62. The van der Waals surface area contributed by atoms with Crippen LogP contribution < -0.4 is 10.2 Å². The Bertz CT molecular complexity index is 363. The fraction of sp³-hybridized carbons (Fsp3) is 0.364. The summed E-state index contributed by atoms with van der Waals surface area (Å²) < 4.78 is 1.19. The predicted molar refractivity (Wildman–Crippen MR) is 69.0 cm³/mol. The number of halogens is 1. The first kappa shape index (κ1) is 10.9. The van der Waals surface area contributed by atoms with Crippen LogP contribution >= 0.6 is 22.6 Å². The molecule has 1 N–H and O–H groups in total. The van der Waals surface area contributed by atoms with Crippen molar-refractivity contribution in [1.82, 2.24) is 5.32 Å². The number of benzene rings is 1. The van der Waals surface area contributed by atoms with Gasteiger partial charge in [-0.15, -0.1) is 0 Å². The minimum absolute atomic E-state index is 0.0713. The van der Waals surface area contributed by atoms with E-state index in [4.69, 9.17) is 0 Å². The van der Waals surface area contributed by atoms with Crippen LogP contribution in [-0.2, 0) is 4.79 Å². The van der Waals surface area contributed by atoms with Crippen LogP contribution in [0.5, 0.6) is 0 Å². The first-order chi connectivity index (χ1) is 7.18. The van der Waals surface area contributed by atoms with Crippen molar-refractivity contribution in [2.24, 2.45) is 0 Å². The Balaban J connectivity index is 2.22. The molecule has 1 aromatic rings. The third kappa shape index (κ3) is 2.31. The number of nitrogens with one attached hydrogen (secondary N) is 1. The second kappa shape index (κ2) is 4.49. The van der Waals surface area contributed by atoms with Crippen LogP contribution in [-0.4, -0.2) is 25.0 Å². The van der Waals surface area contributed by atoms with Crippen molar-refractivity contribution in [2.75, 3.05) is 18.0 Å². The van der Waals surface area contributed by atoms with E-state index in [1.165, 1.54) is 3.57 Å². The summed E-state index contributed by atoms with van der Waals surface area (Å²) in [5.74, 6) is 0.155. The minimum Gasteiger partial charge on any atom is -0.310 e. The summed E-state index contributed by atoms with van der Waals surface area (Å²) in [5.41, 5.74) is 0.994. The lowest BCUT2D eigenvalue weighted by molar-refractivity contribution is -0.121. The lowest BCUT2D eigenvalue weighted by Crippen LogP contribution is -2.53. The van der Waals surface area contributed by atoms with E-state index in [1.807, 2.05) is 36.1 Å². The maximum Gasteiger partial charge on any atom is 0.243 e. The maximum atomic E-state index is 11.9. The number of nitrogens with zero attached hydrogens (tertiary/aromatic N) is 1. The van der Waals surface area contributed by atoms with Gasteiger partial charge in [0.15, 0.2) is 0 Å². The summed E-state index contributed by atoms with van der Waals surface area (Å²) in [6.07, 6.45) is 0. The fourth-order valence-electron chi connectivity index (χ4n) is 1.70. The van der Waals surface area contributed by atoms with Crippen LogP contribution in [0.15, 0.2) is 24.3 Å². The van der Waals surface area contributed by atoms with Gasteiger partial charge in [-0.3, -0.25) is 4.79 Å². The number of carbonyl (C=O) groups excluding carboxylic acids is 1. The van der Waals surface area contributed by atoms with Crippen molar-refractivity contribution in [1.29, 1.82) is 0 Å². The molecule has 0 bridgehead atoms. The summed E-state index contributed by atoms with van der Waals surface area (Å²) in [4.78, 5) is 13.7. The lowest BCUT2D eigenvalue weighted by atomic mass is 10.2. The van der Waals surface area contributed by atoms with E-state index in [-0.39, 0.29) is 11.9 Å². The van der Waals surface area contributed by atoms with Gasteiger partial charge in [0.05, 0.1) is 6.04 Å². The summed E-state index contributed by atoms with van der Waals surface area (Å²) in [6, 6.07) is 7.97. The number of hydrogen-bond donors (Lipinski definition) is 1. The third-order valence-electron chi connectivity index (χ3n) is 2.56. The number of rotatable bonds is 1. The van der Waals surface area contributed by atoms with Crippen LogP contribution in [0.1, 0.15) is 6.92 Å². The highest BCUT2D eigenvalue weighted by molar-refractivity contribution is 14.1. The molecule has 1 amide bonds. The van der Waals surface area contributed by atoms with Gasteiger partial charge in [-0.2, -0.15) is 0 Å². The average Bonchev–Trinajstić information content (AvgIpc) is 2.24. The van der Waals surface area contributed by atoms with E-state index >= 15 is 0 Å². The van der Waals surface area contributed by atoms with Crippen molar-refractivity contribution in [2.45, 2.75) is 13.0 Å². The Labute approximate surface area is 103 Å². The van der Waals surface area contributed by atoms with E-state index in [0.29, 0.717) is 0 Å². The van der Waals surface area contributed by atoms with Gasteiger partial charge in [-0.1, -0.05) is 0 Å². The molecule has 1 aliphatic heterocycles. The molecule has 1 heterocycles. The van der Waals surface area contributed by atoms with Gasteiger partial charge in [0.1, 0.15) is 0 Å². The monoisotopic (exact) mass is 316 g/mol. The van der Waals surface area contributed by atoms with E-state index < -0.39 is 0 Å². The summed E-state index contributed by atoms with van der Waals surface area (Å²) in [7, 11) is 0. The highest BCUT2D eigenvalue weighted by atomic mass is 127. The molecule has 15 heavy (non-hydrogen) atoms. The standard InChI is InChI=1S/C11H13IN2O/c1-8-11(15)14(7-6-13-8)10-4-2-9(12)3-5-10/h2-5,8,13H,6-7H2,1H3. The van der Waals surface area contributed by atoms with Crippen LogP contribution in [0.25, 0.3) is 0 Å². The molecule has 0 aliphatic carbocycles. The molecule has 1 aliphatic rings. The van der Waals surface area contributed by atoms with E-state index in [1.54, 1.807) is 0 Å². The first-order valence-corrected chi connectivity index (χ1v) is 6.06. The molecule has 80 valence electrons. The smallest absolute Gasteiger partial charge is 0.243 e. The van der Waals surface area contributed by atoms with Crippen LogP contribution in [0.3, 0.4) is 0 Å². The third-order valence-corrected chi connectivity index (χ3v) is 3.28. The number of piperazine rings is 1. The molecular weight excluding hydrogens is 303 g/mol. The van der Waals surface area contributed by atoms with E-state index in [0.717, 1.165) is 18.8 Å². The Morgan fingerprint density at radius 2 is 2.07 bits per heavy atom. The maximum absolute atomic E-state index is 11.9. The number of carbonyl (C=O) groups is 1. The Morgan fingerprint density at radius 3 is 2.73 bits per heavy atom. The number of hydrogen-bond acceptors (Lipinski definition) is 2. The zero-order valence-electron chi connectivity index (χ0n) is 8.53. The fourth-order valence-corrected chi connectivity index (χ4v) is 2.06. The van der Waals surface area contributed by atoms with E-state index in [9.17, 15) is 4.79 Å². The van der Waals surface area contributed by atoms with Crippen molar-refractivity contribution in [3.8, 4) is 0 Å². The Hall–Kier alpha value is -0.620. The molecule has 2 rings (SSSR count). The number of anilines is 1. The second-order valence-electron chi connectivity index (χ2n) is 3.64. The first-order valence-electron chi connectivity index (χ1n) is 4.99. The molecule has 1 unspecified atom stereocenters. The number of amides is 1. The zero-order valence-corrected chi connectivity index (χ0v) is 10.7. The van der Waals surface area contributed by atoms with E-state index in [2.05, 4.69) is 27.9 Å². The van der Waals surface area contributed by atoms with Gasteiger partial charge >= 0.3 is 0 Å². The van der Waals surface area contributed by atoms with Gasteiger partial charge in [0, 0.05) is 22.3 Å². The molecule has 0 aromatic heterocycles. The summed E-state index contributed by atoms with van der Waals surface area (Å²) >= 11 is 2.26. The van der Waals surface area contributed by atoms with Crippen LogP contribution in [0, 0.1) is 3.57 Å². The molecule has 1 saturated heterocycles. The lowest BCUT2D eigenvalue weighted by Gasteiger charge is -2.31. The topological polar surface area (TPSA) is 32.3 Å². The minimum atomic E-state index is -0.0713. The second-order valence-corrected chi connectivity index (χ2v) is 4.89. The Kier molecular flexibility index (Phi) is 3.25. The molecule has 1 fully saturated rings. The van der Waals surface area contributed by atoms with Crippen molar-refractivity contribution >= 4 is 34.2 Å². The molecule has 1 atom stereocenters. The molecular formula is C11H13IN2O. The largest absolute Gasteiger partial charge is 0.310 e. The van der Waals surface area contributed by atoms with Crippen molar-refractivity contribution in [3.63, 3.8) is 0 Å². The summed E-state index contributed by atoms with van der Waals surface area (Å²) in [5, 5.41) is 3.15. The quantitative estimate of drug-likeness (QED) is 0.799. The van der Waals surface area contributed by atoms with Crippen molar-refractivity contribution < 1.29 is 4.79 Å². The Morgan fingerprint density at radius 1 is 1.40 bits per heavy atom. The molecule has 1 aromatic carbocycles. The van der Waals surface area contributed by atoms with Gasteiger partial charge in [-0.25, -0.2) is 0 Å². The molecule has 0 radical (unpaired) electrons. The zero-order chi connectivity index (χ0) is 10.8. The van der Waals surface area contributed by atoms with Gasteiger partial charge < -0.3 is 10.2 Å². The SMILES string of the molecule is CC1NCCN(c2ccc(I)cc2)C1=O. The molecule has 3 nitrogen and oxygen atoms in total. The molecule has 4 heteroatoms. The van der Waals surface area contributed by atoms with Gasteiger partial charge in [-0.05, 0) is 53.8 Å². The normalized spacial score (nSPS) is 21.9. The summed E-state index contributed by atoms with van der Waals surface area (Å²) in [6.45, 7) is 3.52. The van der Waals surface area contributed by atoms with Crippen LogP contribution in [0.2, 0.25) is 0 Å². The van der Waals surface area contributed by atoms with Crippen molar-refractivity contribution in [3.05, 3.63) is 27.8 Å². The van der Waals surface area contributed by atoms with Gasteiger partial charge in [0.2, 0.25) is 5.91 Å². The average molecular weight is 316 g/mol. The molecule has 0 spiro atoms. The highest BCUT2D eigenvalue weighted by Gasteiger charge is 2.25. The van der Waals surface area contributed by atoms with Crippen LogP contribution in [0.4, 0.5) is 5.69 Å².